The quantitative estimate of drug-likeness (QED) is 0.632. The lowest BCUT2D eigenvalue weighted by Gasteiger charge is -2.26. The second kappa shape index (κ2) is 6.43. The first kappa shape index (κ1) is 12.0. The van der Waals surface area contributed by atoms with Crippen LogP contribution in [0.25, 0.3) is 0 Å². The monoisotopic (exact) mass is 213 g/mol. The molecule has 0 radical (unpaired) electrons. The third kappa shape index (κ3) is 5.40. The molecule has 2 N–H and O–H groups in total. The van der Waals surface area contributed by atoms with Crippen LogP contribution in [0.4, 0.5) is 0 Å². The molecule has 15 heavy (non-hydrogen) atoms. The van der Waals surface area contributed by atoms with Crippen LogP contribution >= 0.6 is 0 Å². The Morgan fingerprint density at radius 3 is 2.33 bits per heavy atom. The van der Waals surface area contributed by atoms with Gasteiger partial charge in [0, 0.05) is 18.9 Å². The summed E-state index contributed by atoms with van der Waals surface area (Å²) in [7, 11) is 0. The standard InChI is InChI=1S/C11H19NO3/c13-10(12-9-5-4-6-9)7-2-1-3-8-11(14)15/h9H,1-8H2,(H,12,13)(H,14,15). The molecule has 1 amide bonds. The van der Waals surface area contributed by atoms with Crippen LogP contribution in [0, 0.1) is 0 Å². The van der Waals surface area contributed by atoms with Gasteiger partial charge in [-0.05, 0) is 32.1 Å². The maximum absolute atomic E-state index is 11.3. The SMILES string of the molecule is O=C(O)CCCCCC(=O)NC1CCC1. The van der Waals surface area contributed by atoms with E-state index < -0.39 is 5.97 Å². The zero-order valence-corrected chi connectivity index (χ0v) is 9.00. The van der Waals surface area contributed by atoms with Crippen molar-refractivity contribution in [2.24, 2.45) is 0 Å². The Kier molecular flexibility index (Phi) is 5.15. The molecule has 0 saturated heterocycles. The van der Waals surface area contributed by atoms with Gasteiger partial charge in [-0.2, -0.15) is 0 Å². The van der Waals surface area contributed by atoms with Crippen molar-refractivity contribution < 1.29 is 14.7 Å². The van der Waals surface area contributed by atoms with E-state index in [0.717, 1.165) is 25.7 Å². The molecule has 0 aromatic carbocycles. The predicted molar refractivity (Wildman–Crippen MR) is 56.5 cm³/mol. The molecule has 0 atom stereocenters. The molecule has 1 aliphatic rings. The van der Waals surface area contributed by atoms with Gasteiger partial charge in [-0.25, -0.2) is 0 Å². The Bertz CT molecular complexity index is 224. The minimum absolute atomic E-state index is 0.120. The van der Waals surface area contributed by atoms with E-state index in [9.17, 15) is 9.59 Å². The van der Waals surface area contributed by atoms with Gasteiger partial charge in [0.2, 0.25) is 5.91 Å². The van der Waals surface area contributed by atoms with Gasteiger partial charge in [0.1, 0.15) is 0 Å². The number of nitrogens with one attached hydrogen (secondary N) is 1. The number of carboxylic acid groups (broad SMARTS) is 1. The second-order valence-electron chi connectivity index (χ2n) is 4.15. The predicted octanol–water partition coefficient (Wildman–Crippen LogP) is 1.69. The molecule has 0 spiro atoms. The number of carboxylic acids is 1. The number of hydrogen-bond donors (Lipinski definition) is 2. The van der Waals surface area contributed by atoms with E-state index in [1.165, 1.54) is 6.42 Å². The number of carbonyl (C=O) groups is 2. The second-order valence-corrected chi connectivity index (χ2v) is 4.15. The van der Waals surface area contributed by atoms with E-state index >= 15 is 0 Å². The van der Waals surface area contributed by atoms with Crippen LogP contribution in [0.15, 0.2) is 0 Å². The highest BCUT2D eigenvalue weighted by atomic mass is 16.4. The first-order valence-electron chi connectivity index (χ1n) is 5.69. The Morgan fingerprint density at radius 1 is 1.13 bits per heavy atom. The Labute approximate surface area is 90.0 Å². The fourth-order valence-corrected chi connectivity index (χ4v) is 1.59. The Balaban J connectivity index is 1.90. The molecule has 0 bridgehead atoms. The molecular weight excluding hydrogens is 194 g/mol. The van der Waals surface area contributed by atoms with Crippen molar-refractivity contribution in [1.29, 1.82) is 0 Å². The van der Waals surface area contributed by atoms with E-state index in [1.54, 1.807) is 0 Å². The number of rotatable bonds is 7. The van der Waals surface area contributed by atoms with Gasteiger partial charge in [0.15, 0.2) is 0 Å². The summed E-state index contributed by atoms with van der Waals surface area (Å²) in [5, 5.41) is 11.4. The van der Waals surface area contributed by atoms with Crippen LogP contribution in [-0.4, -0.2) is 23.0 Å². The smallest absolute Gasteiger partial charge is 0.303 e. The van der Waals surface area contributed by atoms with Gasteiger partial charge in [-0.3, -0.25) is 9.59 Å². The van der Waals surface area contributed by atoms with Crippen molar-refractivity contribution in [1.82, 2.24) is 5.32 Å². The number of carbonyl (C=O) groups excluding carboxylic acids is 1. The minimum atomic E-state index is -0.756. The zero-order chi connectivity index (χ0) is 11.1. The Hall–Kier alpha value is -1.06. The van der Waals surface area contributed by atoms with E-state index in [0.29, 0.717) is 18.9 Å². The average molecular weight is 213 g/mol. The van der Waals surface area contributed by atoms with E-state index in [1.807, 2.05) is 0 Å². The number of unbranched alkanes of at least 4 members (excludes halogenated alkanes) is 2. The molecule has 0 unspecified atom stereocenters. The molecule has 0 aromatic heterocycles. The van der Waals surface area contributed by atoms with Crippen LogP contribution in [-0.2, 0) is 9.59 Å². The molecule has 86 valence electrons. The molecule has 0 aliphatic heterocycles. The largest absolute Gasteiger partial charge is 0.481 e. The third-order valence-corrected chi connectivity index (χ3v) is 2.76. The lowest BCUT2D eigenvalue weighted by Crippen LogP contribution is -2.39. The molecular formula is C11H19NO3. The van der Waals surface area contributed by atoms with Crippen molar-refractivity contribution in [3.8, 4) is 0 Å². The van der Waals surface area contributed by atoms with E-state index in [2.05, 4.69) is 5.32 Å². The molecule has 1 aliphatic carbocycles. The third-order valence-electron chi connectivity index (χ3n) is 2.76. The molecule has 4 heteroatoms. The summed E-state index contributed by atoms with van der Waals surface area (Å²) in [6.45, 7) is 0. The van der Waals surface area contributed by atoms with Gasteiger partial charge in [-0.1, -0.05) is 6.42 Å². The molecule has 0 aromatic rings. The van der Waals surface area contributed by atoms with Crippen molar-refractivity contribution >= 4 is 11.9 Å². The number of hydrogen-bond acceptors (Lipinski definition) is 2. The maximum Gasteiger partial charge on any atom is 0.303 e. The molecule has 1 fully saturated rings. The van der Waals surface area contributed by atoms with Crippen LogP contribution in [0.2, 0.25) is 0 Å². The van der Waals surface area contributed by atoms with Gasteiger partial charge in [0.25, 0.3) is 0 Å². The minimum Gasteiger partial charge on any atom is -0.481 e. The van der Waals surface area contributed by atoms with Crippen molar-refractivity contribution in [3.63, 3.8) is 0 Å². The van der Waals surface area contributed by atoms with Crippen molar-refractivity contribution in [2.45, 2.75) is 57.4 Å². The highest BCUT2D eigenvalue weighted by molar-refractivity contribution is 5.76. The average Bonchev–Trinajstić information content (AvgIpc) is 2.10. The van der Waals surface area contributed by atoms with Crippen LogP contribution in [0.5, 0.6) is 0 Å². The highest BCUT2D eigenvalue weighted by Gasteiger charge is 2.18. The van der Waals surface area contributed by atoms with E-state index in [4.69, 9.17) is 5.11 Å². The Morgan fingerprint density at radius 2 is 1.80 bits per heavy atom. The summed E-state index contributed by atoms with van der Waals surface area (Å²) in [6.07, 6.45) is 6.50. The van der Waals surface area contributed by atoms with Gasteiger partial charge < -0.3 is 10.4 Å². The van der Waals surface area contributed by atoms with Gasteiger partial charge in [0.05, 0.1) is 0 Å². The first-order valence-corrected chi connectivity index (χ1v) is 5.69. The van der Waals surface area contributed by atoms with Crippen LogP contribution < -0.4 is 5.32 Å². The zero-order valence-electron chi connectivity index (χ0n) is 9.00. The lowest BCUT2D eigenvalue weighted by atomic mass is 9.93. The summed E-state index contributed by atoms with van der Waals surface area (Å²) in [6, 6.07) is 0.413. The fourth-order valence-electron chi connectivity index (χ4n) is 1.59. The highest BCUT2D eigenvalue weighted by Crippen LogP contribution is 2.18. The molecule has 4 nitrogen and oxygen atoms in total. The van der Waals surface area contributed by atoms with Crippen LogP contribution in [0.3, 0.4) is 0 Å². The van der Waals surface area contributed by atoms with Gasteiger partial charge >= 0.3 is 5.97 Å². The summed E-state index contributed by atoms with van der Waals surface area (Å²) in [5.74, 6) is -0.635. The maximum atomic E-state index is 11.3. The molecule has 1 saturated carbocycles. The normalized spacial score (nSPS) is 15.7. The van der Waals surface area contributed by atoms with Crippen molar-refractivity contribution in [2.75, 3.05) is 0 Å². The summed E-state index contributed by atoms with van der Waals surface area (Å²) in [5.41, 5.74) is 0. The number of aliphatic carboxylic acids is 1. The van der Waals surface area contributed by atoms with Crippen LogP contribution in [0.1, 0.15) is 51.4 Å². The van der Waals surface area contributed by atoms with Gasteiger partial charge in [-0.15, -0.1) is 0 Å². The number of amides is 1. The van der Waals surface area contributed by atoms with Crippen molar-refractivity contribution in [3.05, 3.63) is 0 Å². The van der Waals surface area contributed by atoms with E-state index in [-0.39, 0.29) is 12.3 Å². The lowest BCUT2D eigenvalue weighted by molar-refractivity contribution is -0.137. The molecule has 1 rings (SSSR count). The summed E-state index contributed by atoms with van der Waals surface area (Å²) in [4.78, 5) is 21.5. The fraction of sp³-hybridized carbons (Fsp3) is 0.818. The molecule has 0 heterocycles. The summed E-state index contributed by atoms with van der Waals surface area (Å²) >= 11 is 0. The first-order chi connectivity index (χ1) is 7.18. The topological polar surface area (TPSA) is 66.4 Å². The summed E-state index contributed by atoms with van der Waals surface area (Å²) < 4.78 is 0.